The van der Waals surface area contributed by atoms with Gasteiger partial charge in [-0.1, -0.05) is 127 Å². The summed E-state index contributed by atoms with van der Waals surface area (Å²) in [7, 11) is 0. The molecule has 7 aromatic carbocycles. The number of hydrogen-bond acceptors (Lipinski definition) is 3. The lowest BCUT2D eigenvalue weighted by atomic mass is 10.0. The van der Waals surface area contributed by atoms with E-state index in [-0.39, 0.29) is 0 Å². The van der Waals surface area contributed by atoms with Crippen LogP contribution < -0.4 is 0 Å². The molecule has 11 rings (SSSR count). The molecule has 1 aliphatic rings. The molecule has 0 unspecified atom stereocenters. The van der Waals surface area contributed by atoms with Crippen molar-refractivity contribution in [3.63, 3.8) is 0 Å². The maximum Gasteiger partial charge on any atom is 0.160 e. The molecule has 3 aromatic heterocycles. The highest BCUT2D eigenvalue weighted by atomic mass is 32.2. The maximum atomic E-state index is 5.31. The number of nitrogens with zero attached hydrogens (tertiary/aromatic N) is 4. The quantitative estimate of drug-likeness (QED) is 0.187. The van der Waals surface area contributed by atoms with Crippen molar-refractivity contribution in [1.82, 2.24) is 19.1 Å². The Morgan fingerprint density at radius 2 is 1.12 bits per heavy atom. The second-order valence-corrected chi connectivity index (χ2v) is 14.1. The molecule has 5 heteroatoms. The van der Waals surface area contributed by atoms with Crippen molar-refractivity contribution in [3.05, 3.63) is 170 Å². The van der Waals surface area contributed by atoms with E-state index in [1.807, 2.05) is 11.8 Å². The van der Waals surface area contributed by atoms with Gasteiger partial charge < -0.3 is 0 Å². The number of fused-ring (bicyclic) bond motifs is 8. The summed E-state index contributed by atoms with van der Waals surface area (Å²) >= 11 is 1.85. The van der Waals surface area contributed by atoms with Crippen molar-refractivity contribution in [3.8, 4) is 45.1 Å². The van der Waals surface area contributed by atoms with Crippen LogP contribution in [0.4, 0.5) is 0 Å². The number of hydrogen-bond donors (Lipinski definition) is 0. The number of benzene rings is 7. The van der Waals surface area contributed by atoms with Gasteiger partial charge in [0.1, 0.15) is 5.65 Å². The summed E-state index contributed by atoms with van der Waals surface area (Å²) in [6, 6.07) is 60.4. The van der Waals surface area contributed by atoms with Gasteiger partial charge in [0.05, 0.1) is 27.9 Å². The molecule has 0 N–H and O–H groups in total. The summed E-state index contributed by atoms with van der Waals surface area (Å²) in [6.07, 6.45) is 0. The van der Waals surface area contributed by atoms with Crippen LogP contribution in [0.1, 0.15) is 0 Å². The van der Waals surface area contributed by atoms with Gasteiger partial charge in [0.25, 0.3) is 0 Å². The Balaban J connectivity index is 1.17. The van der Waals surface area contributed by atoms with Gasteiger partial charge in [-0.05, 0) is 65.7 Å². The highest BCUT2D eigenvalue weighted by Crippen LogP contribution is 2.49. The zero-order valence-electron chi connectivity index (χ0n) is 27.4. The second-order valence-electron chi connectivity index (χ2n) is 13.0. The van der Waals surface area contributed by atoms with Gasteiger partial charge >= 0.3 is 0 Å². The lowest BCUT2D eigenvalue weighted by Crippen LogP contribution is -2.05. The topological polar surface area (TPSA) is 35.6 Å². The zero-order valence-corrected chi connectivity index (χ0v) is 28.2. The first kappa shape index (κ1) is 28.4. The van der Waals surface area contributed by atoms with Crippen LogP contribution in [0.3, 0.4) is 0 Å². The molecule has 4 heterocycles. The maximum absolute atomic E-state index is 5.31. The monoisotopic (exact) mass is 668 g/mol. The number of aromatic nitrogens is 4. The minimum Gasteiger partial charge on any atom is -0.295 e. The largest absolute Gasteiger partial charge is 0.295 e. The molecule has 238 valence electrons. The predicted molar refractivity (Wildman–Crippen MR) is 211 cm³/mol. The van der Waals surface area contributed by atoms with E-state index in [4.69, 9.17) is 9.97 Å². The van der Waals surface area contributed by atoms with E-state index in [0.717, 1.165) is 38.9 Å². The van der Waals surface area contributed by atoms with Crippen LogP contribution in [0.5, 0.6) is 0 Å². The Labute approximate surface area is 298 Å². The van der Waals surface area contributed by atoms with Gasteiger partial charge in [0, 0.05) is 48.2 Å². The molecular weight excluding hydrogens is 641 g/mol. The fraction of sp³-hybridized carbons (Fsp3) is 0. The molecular formula is C46H28N4S. The smallest absolute Gasteiger partial charge is 0.160 e. The zero-order chi connectivity index (χ0) is 33.5. The average molecular weight is 669 g/mol. The van der Waals surface area contributed by atoms with Crippen LogP contribution in [0, 0.1) is 0 Å². The van der Waals surface area contributed by atoms with Gasteiger partial charge in [-0.25, -0.2) is 9.97 Å². The minimum absolute atomic E-state index is 0.716. The van der Waals surface area contributed by atoms with Crippen LogP contribution in [-0.4, -0.2) is 19.1 Å². The predicted octanol–water partition coefficient (Wildman–Crippen LogP) is 12.1. The van der Waals surface area contributed by atoms with Crippen molar-refractivity contribution in [2.75, 3.05) is 0 Å². The number of rotatable bonds is 4. The Morgan fingerprint density at radius 3 is 1.98 bits per heavy atom. The Kier molecular flexibility index (Phi) is 6.15. The van der Waals surface area contributed by atoms with Crippen LogP contribution in [0.2, 0.25) is 0 Å². The van der Waals surface area contributed by atoms with Gasteiger partial charge in [-0.2, -0.15) is 0 Å². The van der Waals surface area contributed by atoms with Crippen molar-refractivity contribution in [1.29, 1.82) is 0 Å². The first-order valence-electron chi connectivity index (χ1n) is 17.2. The first-order chi connectivity index (χ1) is 25.3. The van der Waals surface area contributed by atoms with Crippen LogP contribution >= 0.6 is 11.8 Å². The molecule has 10 aromatic rings. The van der Waals surface area contributed by atoms with E-state index >= 15 is 0 Å². The SMILES string of the molecule is c1ccc(-c2ccc(-c3nc(-c4ccc5c(c4)c4c6cccc7c6n(c4n5-c4ccccc4)-c4ccccc4S7)nc4ccccc34)cc2)cc1. The normalized spacial score (nSPS) is 12.2. The summed E-state index contributed by atoms with van der Waals surface area (Å²) in [5, 5.41) is 4.71. The van der Waals surface area contributed by atoms with Crippen molar-refractivity contribution >= 4 is 55.5 Å². The Morgan fingerprint density at radius 1 is 0.451 bits per heavy atom. The highest BCUT2D eigenvalue weighted by molar-refractivity contribution is 7.99. The minimum atomic E-state index is 0.716. The van der Waals surface area contributed by atoms with Gasteiger partial charge in [0.2, 0.25) is 0 Å². The Hall–Kier alpha value is -6.43. The molecule has 0 saturated heterocycles. The molecule has 0 spiro atoms. The molecule has 0 amide bonds. The van der Waals surface area contributed by atoms with E-state index in [0.29, 0.717) is 5.82 Å². The van der Waals surface area contributed by atoms with Crippen molar-refractivity contribution < 1.29 is 0 Å². The number of para-hydroxylation sites is 4. The summed E-state index contributed by atoms with van der Waals surface area (Å²) in [5.74, 6) is 0.716. The van der Waals surface area contributed by atoms with E-state index in [1.54, 1.807) is 0 Å². The summed E-state index contributed by atoms with van der Waals surface area (Å²) < 4.78 is 4.90. The molecule has 0 saturated carbocycles. The van der Waals surface area contributed by atoms with Gasteiger partial charge in [0.15, 0.2) is 5.82 Å². The van der Waals surface area contributed by atoms with Crippen LogP contribution in [-0.2, 0) is 0 Å². The standard InChI is InChI=1S/C46H28N4S/c1-3-12-29(13-4-1)30-22-24-31(25-23-30)43-34-16-7-8-18-37(34)47-45(48-43)32-26-27-38-36(28-32)42-35-17-11-21-41-44(35)50(39-19-9-10-20-40(39)51-41)46(42)49(38)33-14-5-2-6-15-33/h1-28H. The van der Waals surface area contributed by atoms with Crippen LogP contribution in [0.25, 0.3) is 88.9 Å². The fourth-order valence-electron chi connectivity index (χ4n) is 7.83. The molecule has 0 aliphatic carbocycles. The fourth-order valence-corrected chi connectivity index (χ4v) is 8.93. The molecule has 0 fully saturated rings. The molecule has 4 nitrogen and oxygen atoms in total. The molecule has 0 bridgehead atoms. The average Bonchev–Trinajstić information content (AvgIpc) is 3.72. The molecule has 1 aliphatic heterocycles. The summed E-state index contributed by atoms with van der Waals surface area (Å²) in [4.78, 5) is 13.0. The van der Waals surface area contributed by atoms with E-state index in [9.17, 15) is 0 Å². The third-order valence-electron chi connectivity index (χ3n) is 10.1. The van der Waals surface area contributed by atoms with Crippen molar-refractivity contribution in [2.24, 2.45) is 0 Å². The van der Waals surface area contributed by atoms with Crippen LogP contribution in [0.15, 0.2) is 180 Å². The van der Waals surface area contributed by atoms with E-state index in [1.165, 1.54) is 53.9 Å². The lowest BCUT2D eigenvalue weighted by molar-refractivity contribution is 1.03. The third-order valence-corrected chi connectivity index (χ3v) is 11.2. The van der Waals surface area contributed by atoms with E-state index < -0.39 is 0 Å². The first-order valence-corrected chi connectivity index (χ1v) is 18.0. The van der Waals surface area contributed by atoms with E-state index in [2.05, 4.69) is 179 Å². The Bertz CT molecular complexity index is 2980. The van der Waals surface area contributed by atoms with Gasteiger partial charge in [-0.3, -0.25) is 9.13 Å². The van der Waals surface area contributed by atoms with Gasteiger partial charge in [-0.15, -0.1) is 0 Å². The highest BCUT2D eigenvalue weighted by Gasteiger charge is 2.28. The molecule has 0 radical (unpaired) electrons. The van der Waals surface area contributed by atoms with Crippen molar-refractivity contribution in [2.45, 2.75) is 9.79 Å². The summed E-state index contributed by atoms with van der Waals surface area (Å²) in [6.45, 7) is 0. The third kappa shape index (κ3) is 4.28. The summed E-state index contributed by atoms with van der Waals surface area (Å²) in [5.41, 5.74) is 12.2. The lowest BCUT2D eigenvalue weighted by Gasteiger charge is -2.21. The second kappa shape index (κ2) is 11.0. The molecule has 51 heavy (non-hydrogen) atoms. The molecule has 0 atom stereocenters.